The van der Waals surface area contributed by atoms with Crippen LogP contribution in [0.3, 0.4) is 0 Å². The Balaban J connectivity index is 2.52. The first-order valence-corrected chi connectivity index (χ1v) is 4.42. The lowest BCUT2D eigenvalue weighted by Gasteiger charge is -2.36. The molecule has 0 aromatic heterocycles. The minimum atomic E-state index is -0.980. The Labute approximate surface area is 77.5 Å². The maximum Gasteiger partial charge on any atom is 0.109 e. The monoisotopic (exact) mass is 188 g/mol. The van der Waals surface area contributed by atoms with Crippen molar-refractivity contribution in [3.63, 3.8) is 0 Å². The third kappa shape index (κ3) is 2.51. The number of hydrogen-bond acceptors (Lipinski definition) is 4. The SMILES string of the molecule is C=CC[C@@H]1C[C@H](O)[C@H](O)[C@@H](CO)O1. The molecule has 1 aliphatic rings. The van der Waals surface area contributed by atoms with E-state index in [4.69, 9.17) is 9.84 Å². The Hall–Kier alpha value is -0.420. The van der Waals surface area contributed by atoms with Crippen LogP contribution in [0, 0.1) is 0 Å². The third-order valence-electron chi connectivity index (χ3n) is 2.26. The minimum Gasteiger partial charge on any atom is -0.394 e. The van der Waals surface area contributed by atoms with Crippen molar-refractivity contribution < 1.29 is 20.1 Å². The van der Waals surface area contributed by atoms with Gasteiger partial charge in [-0.1, -0.05) is 6.08 Å². The van der Waals surface area contributed by atoms with E-state index in [1.807, 2.05) is 0 Å². The zero-order chi connectivity index (χ0) is 9.84. The predicted octanol–water partition coefficient (Wildman–Crippen LogP) is -0.566. The van der Waals surface area contributed by atoms with Crippen LogP contribution in [-0.4, -0.2) is 46.3 Å². The molecular weight excluding hydrogens is 172 g/mol. The van der Waals surface area contributed by atoms with Crippen LogP contribution >= 0.6 is 0 Å². The van der Waals surface area contributed by atoms with Crippen LogP contribution in [0.1, 0.15) is 12.8 Å². The van der Waals surface area contributed by atoms with Crippen LogP contribution in [-0.2, 0) is 4.74 Å². The lowest BCUT2D eigenvalue weighted by molar-refractivity contribution is -0.178. The van der Waals surface area contributed by atoms with E-state index >= 15 is 0 Å². The maximum absolute atomic E-state index is 9.40. The second-order valence-electron chi connectivity index (χ2n) is 3.30. The molecule has 0 saturated carbocycles. The van der Waals surface area contributed by atoms with Crippen molar-refractivity contribution in [1.29, 1.82) is 0 Å². The minimum absolute atomic E-state index is 0.145. The topological polar surface area (TPSA) is 69.9 Å². The molecule has 4 heteroatoms. The van der Waals surface area contributed by atoms with E-state index in [0.29, 0.717) is 12.8 Å². The first-order valence-electron chi connectivity index (χ1n) is 4.42. The largest absolute Gasteiger partial charge is 0.394 e. The van der Waals surface area contributed by atoms with E-state index in [1.54, 1.807) is 6.08 Å². The van der Waals surface area contributed by atoms with Crippen LogP contribution in [0.15, 0.2) is 12.7 Å². The summed E-state index contributed by atoms with van der Waals surface area (Å²) in [4.78, 5) is 0. The fraction of sp³-hybridized carbons (Fsp3) is 0.778. The van der Waals surface area contributed by atoms with Crippen molar-refractivity contribution in [2.24, 2.45) is 0 Å². The van der Waals surface area contributed by atoms with Crippen LogP contribution in [0.4, 0.5) is 0 Å². The van der Waals surface area contributed by atoms with Gasteiger partial charge in [-0.2, -0.15) is 0 Å². The van der Waals surface area contributed by atoms with Crippen molar-refractivity contribution in [3.8, 4) is 0 Å². The van der Waals surface area contributed by atoms with Gasteiger partial charge in [-0.15, -0.1) is 6.58 Å². The van der Waals surface area contributed by atoms with Crippen LogP contribution in [0.5, 0.6) is 0 Å². The average molecular weight is 188 g/mol. The highest BCUT2D eigenvalue weighted by Crippen LogP contribution is 2.22. The molecular formula is C9H16O4. The van der Waals surface area contributed by atoms with Crippen LogP contribution in [0.25, 0.3) is 0 Å². The molecule has 1 fully saturated rings. The molecule has 0 aromatic rings. The van der Waals surface area contributed by atoms with E-state index in [2.05, 4.69) is 6.58 Å². The summed E-state index contributed by atoms with van der Waals surface area (Å²) in [7, 11) is 0. The van der Waals surface area contributed by atoms with Crippen molar-refractivity contribution in [3.05, 3.63) is 12.7 Å². The standard InChI is InChI=1S/C9H16O4/c1-2-3-6-4-7(11)9(12)8(5-10)13-6/h2,6-12H,1,3-5H2/t6-,7+,8-,9+/m1/s1. The molecule has 0 radical (unpaired) electrons. The van der Waals surface area contributed by atoms with E-state index in [1.165, 1.54) is 0 Å². The fourth-order valence-electron chi connectivity index (χ4n) is 1.53. The molecule has 3 N–H and O–H groups in total. The number of ether oxygens (including phenoxy) is 1. The molecule has 1 heterocycles. The molecule has 1 aliphatic heterocycles. The van der Waals surface area contributed by atoms with Crippen LogP contribution < -0.4 is 0 Å². The van der Waals surface area contributed by atoms with Gasteiger partial charge in [0.2, 0.25) is 0 Å². The molecule has 4 nitrogen and oxygen atoms in total. The van der Waals surface area contributed by atoms with Gasteiger partial charge in [-0.05, 0) is 6.42 Å². The molecule has 76 valence electrons. The molecule has 0 spiro atoms. The van der Waals surface area contributed by atoms with Gasteiger partial charge in [0, 0.05) is 6.42 Å². The van der Waals surface area contributed by atoms with Gasteiger partial charge in [-0.25, -0.2) is 0 Å². The Morgan fingerprint density at radius 2 is 2.15 bits per heavy atom. The van der Waals surface area contributed by atoms with Gasteiger partial charge >= 0.3 is 0 Å². The third-order valence-corrected chi connectivity index (χ3v) is 2.26. The van der Waals surface area contributed by atoms with Gasteiger partial charge in [0.1, 0.15) is 12.2 Å². The Bertz CT molecular complexity index is 171. The van der Waals surface area contributed by atoms with Gasteiger partial charge in [-0.3, -0.25) is 0 Å². The van der Waals surface area contributed by atoms with Gasteiger partial charge < -0.3 is 20.1 Å². The van der Waals surface area contributed by atoms with Crippen molar-refractivity contribution in [2.45, 2.75) is 37.3 Å². The van der Waals surface area contributed by atoms with Crippen molar-refractivity contribution in [1.82, 2.24) is 0 Å². The number of hydrogen-bond donors (Lipinski definition) is 3. The van der Waals surface area contributed by atoms with E-state index in [0.717, 1.165) is 0 Å². The van der Waals surface area contributed by atoms with E-state index in [9.17, 15) is 10.2 Å². The smallest absolute Gasteiger partial charge is 0.109 e. The molecule has 0 bridgehead atoms. The number of aliphatic hydroxyl groups is 3. The highest BCUT2D eigenvalue weighted by molar-refractivity contribution is 4.87. The number of rotatable bonds is 3. The highest BCUT2D eigenvalue weighted by atomic mass is 16.5. The predicted molar refractivity (Wildman–Crippen MR) is 47.2 cm³/mol. The molecule has 0 unspecified atom stereocenters. The maximum atomic E-state index is 9.40. The zero-order valence-corrected chi connectivity index (χ0v) is 7.47. The molecule has 0 aromatic carbocycles. The normalized spacial score (nSPS) is 40.2. The Morgan fingerprint density at radius 3 is 2.69 bits per heavy atom. The van der Waals surface area contributed by atoms with Crippen LogP contribution in [0.2, 0.25) is 0 Å². The second kappa shape index (κ2) is 4.72. The first kappa shape index (κ1) is 10.7. The quantitative estimate of drug-likeness (QED) is 0.519. The van der Waals surface area contributed by atoms with E-state index in [-0.39, 0.29) is 12.7 Å². The molecule has 0 aliphatic carbocycles. The summed E-state index contributed by atoms with van der Waals surface area (Å²) in [5, 5.41) is 27.6. The lowest BCUT2D eigenvalue weighted by atomic mass is 9.97. The summed E-state index contributed by atoms with van der Waals surface area (Å²) in [6.07, 6.45) is 0.108. The summed E-state index contributed by atoms with van der Waals surface area (Å²) in [6.45, 7) is 3.29. The Morgan fingerprint density at radius 1 is 1.46 bits per heavy atom. The fourth-order valence-corrected chi connectivity index (χ4v) is 1.53. The summed E-state index contributed by atoms with van der Waals surface area (Å²) < 4.78 is 5.33. The van der Waals surface area contributed by atoms with E-state index < -0.39 is 18.3 Å². The molecule has 4 atom stereocenters. The average Bonchev–Trinajstić information content (AvgIpc) is 2.11. The summed E-state index contributed by atoms with van der Waals surface area (Å²) in [5.74, 6) is 0. The molecule has 1 rings (SSSR count). The van der Waals surface area contributed by atoms with Gasteiger partial charge in [0.25, 0.3) is 0 Å². The highest BCUT2D eigenvalue weighted by Gasteiger charge is 2.35. The molecule has 13 heavy (non-hydrogen) atoms. The summed E-state index contributed by atoms with van der Waals surface area (Å²) in [5.41, 5.74) is 0. The Kier molecular flexibility index (Phi) is 3.87. The van der Waals surface area contributed by atoms with Crippen molar-refractivity contribution in [2.75, 3.05) is 6.61 Å². The van der Waals surface area contributed by atoms with Crippen molar-refractivity contribution >= 4 is 0 Å². The summed E-state index contributed by atoms with van der Waals surface area (Å²) >= 11 is 0. The number of aliphatic hydroxyl groups excluding tert-OH is 3. The second-order valence-corrected chi connectivity index (χ2v) is 3.30. The summed E-state index contributed by atoms with van der Waals surface area (Å²) in [6, 6.07) is 0. The zero-order valence-electron chi connectivity index (χ0n) is 7.47. The van der Waals surface area contributed by atoms with Gasteiger partial charge in [0.15, 0.2) is 0 Å². The van der Waals surface area contributed by atoms with Gasteiger partial charge in [0.05, 0.1) is 18.8 Å². The lowest BCUT2D eigenvalue weighted by Crippen LogP contribution is -2.49. The molecule has 1 saturated heterocycles. The molecule has 0 amide bonds. The first-order chi connectivity index (χ1) is 6.19.